The lowest BCUT2D eigenvalue weighted by molar-refractivity contribution is -0.123. The van der Waals surface area contributed by atoms with Crippen LogP contribution in [0.1, 0.15) is 11.7 Å². The first kappa shape index (κ1) is 8.62. The van der Waals surface area contributed by atoms with E-state index in [4.69, 9.17) is 10.5 Å². The summed E-state index contributed by atoms with van der Waals surface area (Å²) in [5.41, 5.74) is 5.97. The van der Waals surface area contributed by atoms with Gasteiger partial charge in [-0.25, -0.2) is 0 Å². The number of rotatable bonds is 1. The molecular formula is C10H9NO3. The van der Waals surface area contributed by atoms with Crippen molar-refractivity contribution in [3.05, 3.63) is 47.5 Å². The summed E-state index contributed by atoms with van der Waals surface area (Å²) in [5, 5.41) is 9.18. The predicted octanol–water partition coefficient (Wildman–Crippen LogP) is 1.01. The van der Waals surface area contributed by atoms with Gasteiger partial charge in [-0.05, 0) is 0 Å². The van der Waals surface area contributed by atoms with Crippen LogP contribution in [0.25, 0.3) is 0 Å². The molecule has 0 saturated heterocycles. The van der Waals surface area contributed by atoms with E-state index in [-0.39, 0.29) is 5.88 Å². The summed E-state index contributed by atoms with van der Waals surface area (Å²) in [7, 11) is 0. The lowest BCUT2D eigenvalue weighted by Gasteiger charge is -2.08. The van der Waals surface area contributed by atoms with Gasteiger partial charge in [0.2, 0.25) is 17.4 Å². The van der Waals surface area contributed by atoms with Gasteiger partial charge < -0.3 is 15.6 Å². The van der Waals surface area contributed by atoms with Crippen molar-refractivity contribution < 1.29 is 14.6 Å². The number of Topliss-reactive ketones (excluding diaryl/α,β-unsaturated/α-hetero) is 1. The number of hydrogen-bond acceptors (Lipinski definition) is 4. The molecule has 1 aromatic carbocycles. The number of carbonyl (C=O) groups is 1. The number of carbonyl (C=O) groups excluding carboxylic acids is 1. The molecule has 0 unspecified atom stereocenters. The first-order valence-electron chi connectivity index (χ1n) is 4.14. The highest BCUT2D eigenvalue weighted by Crippen LogP contribution is 2.29. The molecule has 0 fully saturated rings. The van der Waals surface area contributed by atoms with Gasteiger partial charge in [0.15, 0.2) is 6.10 Å². The van der Waals surface area contributed by atoms with Gasteiger partial charge >= 0.3 is 0 Å². The normalized spacial score (nSPS) is 21.1. The number of ketones is 1. The van der Waals surface area contributed by atoms with Crippen LogP contribution in [0.5, 0.6) is 0 Å². The Labute approximate surface area is 80.6 Å². The molecule has 3 N–H and O–H groups in total. The molecule has 1 aliphatic heterocycles. The smallest absolute Gasteiger partial charge is 0.247 e. The maximum atomic E-state index is 11.4. The number of aliphatic hydroxyl groups is 1. The van der Waals surface area contributed by atoms with Gasteiger partial charge in [0, 0.05) is 5.56 Å². The summed E-state index contributed by atoms with van der Waals surface area (Å²) < 4.78 is 5.03. The Hall–Kier alpha value is -1.97. The molecule has 1 atom stereocenters. The monoisotopic (exact) mass is 191 g/mol. The Kier molecular flexibility index (Phi) is 1.89. The molecule has 4 nitrogen and oxygen atoms in total. The Morgan fingerprint density at radius 3 is 2.43 bits per heavy atom. The van der Waals surface area contributed by atoms with E-state index in [1.165, 1.54) is 0 Å². The van der Waals surface area contributed by atoms with Gasteiger partial charge in [-0.1, -0.05) is 30.3 Å². The predicted molar refractivity (Wildman–Crippen MR) is 49.1 cm³/mol. The fourth-order valence-corrected chi connectivity index (χ4v) is 1.33. The zero-order valence-electron chi connectivity index (χ0n) is 7.31. The maximum absolute atomic E-state index is 11.4. The van der Waals surface area contributed by atoms with Gasteiger partial charge in [0.25, 0.3) is 0 Å². The zero-order valence-corrected chi connectivity index (χ0v) is 7.31. The van der Waals surface area contributed by atoms with Gasteiger partial charge in [-0.15, -0.1) is 0 Å². The minimum absolute atomic E-state index is 0.205. The molecule has 14 heavy (non-hydrogen) atoms. The van der Waals surface area contributed by atoms with Crippen molar-refractivity contribution in [2.45, 2.75) is 6.10 Å². The third-order valence-electron chi connectivity index (χ3n) is 2.05. The topological polar surface area (TPSA) is 72.5 Å². The van der Waals surface area contributed by atoms with Crippen LogP contribution in [0.2, 0.25) is 0 Å². The highest BCUT2D eigenvalue weighted by atomic mass is 16.5. The van der Waals surface area contributed by atoms with Crippen LogP contribution in [0.4, 0.5) is 0 Å². The van der Waals surface area contributed by atoms with E-state index in [9.17, 15) is 9.90 Å². The van der Waals surface area contributed by atoms with Crippen molar-refractivity contribution in [3.63, 3.8) is 0 Å². The molecule has 2 rings (SSSR count). The molecular weight excluding hydrogens is 182 g/mol. The van der Waals surface area contributed by atoms with E-state index < -0.39 is 17.6 Å². The number of aliphatic hydroxyl groups excluding tert-OH is 1. The second-order valence-corrected chi connectivity index (χ2v) is 2.99. The third-order valence-corrected chi connectivity index (χ3v) is 2.05. The number of ether oxygens (including phenoxy) is 1. The fourth-order valence-electron chi connectivity index (χ4n) is 1.33. The summed E-state index contributed by atoms with van der Waals surface area (Å²) in [6.07, 6.45) is -0.795. The van der Waals surface area contributed by atoms with Crippen molar-refractivity contribution in [2.75, 3.05) is 0 Å². The van der Waals surface area contributed by atoms with E-state index in [1.807, 2.05) is 6.07 Å². The Bertz CT molecular complexity index is 397. The number of hydrogen-bond donors (Lipinski definition) is 2. The second-order valence-electron chi connectivity index (χ2n) is 2.99. The molecule has 1 heterocycles. The van der Waals surface area contributed by atoms with Crippen LogP contribution in [-0.2, 0) is 9.53 Å². The number of nitrogens with two attached hydrogens (primary N) is 1. The molecule has 0 amide bonds. The van der Waals surface area contributed by atoms with E-state index in [1.54, 1.807) is 24.3 Å². The minimum atomic E-state index is -0.795. The summed E-state index contributed by atoms with van der Waals surface area (Å²) in [6.45, 7) is 0. The standard InChI is InChI=1S/C10H9NO3/c11-10-8(13)7(12)9(14-10)6-4-2-1-3-5-6/h1-5,9,13H,11H2/t9-/m0/s1. The first-order chi connectivity index (χ1) is 6.70. The molecule has 1 aliphatic rings. The first-order valence-corrected chi connectivity index (χ1v) is 4.14. The van der Waals surface area contributed by atoms with E-state index in [2.05, 4.69) is 0 Å². The highest BCUT2D eigenvalue weighted by molar-refractivity contribution is 5.99. The molecule has 0 aromatic heterocycles. The maximum Gasteiger partial charge on any atom is 0.247 e. The number of benzene rings is 1. The Balaban J connectivity index is 2.30. The Morgan fingerprint density at radius 1 is 1.29 bits per heavy atom. The molecule has 0 bridgehead atoms. The van der Waals surface area contributed by atoms with Crippen molar-refractivity contribution in [3.8, 4) is 0 Å². The average molecular weight is 191 g/mol. The van der Waals surface area contributed by atoms with Crippen LogP contribution in [-0.4, -0.2) is 10.9 Å². The van der Waals surface area contributed by atoms with Crippen molar-refractivity contribution in [2.24, 2.45) is 5.73 Å². The second kappa shape index (κ2) is 3.06. The van der Waals surface area contributed by atoms with Crippen molar-refractivity contribution in [1.82, 2.24) is 0 Å². The van der Waals surface area contributed by atoms with E-state index in [0.717, 1.165) is 0 Å². The summed E-state index contributed by atoms with van der Waals surface area (Å²) >= 11 is 0. The van der Waals surface area contributed by atoms with Crippen LogP contribution in [0.3, 0.4) is 0 Å². The molecule has 0 saturated carbocycles. The highest BCUT2D eigenvalue weighted by Gasteiger charge is 2.34. The minimum Gasteiger partial charge on any atom is -0.501 e. The van der Waals surface area contributed by atoms with E-state index >= 15 is 0 Å². The summed E-state index contributed by atoms with van der Waals surface area (Å²) in [6, 6.07) is 8.90. The van der Waals surface area contributed by atoms with Gasteiger partial charge in [0.1, 0.15) is 0 Å². The SMILES string of the molecule is NC1=C(O)C(=O)[C@H](c2ccccc2)O1. The van der Waals surface area contributed by atoms with Crippen molar-refractivity contribution in [1.29, 1.82) is 0 Å². The van der Waals surface area contributed by atoms with Crippen LogP contribution in [0, 0.1) is 0 Å². The summed E-state index contributed by atoms with van der Waals surface area (Å²) in [4.78, 5) is 11.4. The largest absolute Gasteiger partial charge is 0.501 e. The van der Waals surface area contributed by atoms with Gasteiger partial charge in [0.05, 0.1) is 0 Å². The van der Waals surface area contributed by atoms with Crippen LogP contribution < -0.4 is 5.73 Å². The molecule has 72 valence electrons. The van der Waals surface area contributed by atoms with Crippen LogP contribution >= 0.6 is 0 Å². The molecule has 4 heteroatoms. The quantitative estimate of drug-likeness (QED) is 0.694. The summed E-state index contributed by atoms with van der Waals surface area (Å²) in [5.74, 6) is -1.18. The lowest BCUT2D eigenvalue weighted by Crippen LogP contribution is -2.09. The van der Waals surface area contributed by atoms with E-state index in [0.29, 0.717) is 5.56 Å². The molecule has 1 aromatic rings. The molecule has 0 radical (unpaired) electrons. The van der Waals surface area contributed by atoms with Gasteiger partial charge in [-0.2, -0.15) is 0 Å². The lowest BCUT2D eigenvalue weighted by atomic mass is 10.1. The van der Waals surface area contributed by atoms with Crippen molar-refractivity contribution >= 4 is 5.78 Å². The van der Waals surface area contributed by atoms with Gasteiger partial charge in [-0.3, -0.25) is 4.79 Å². The average Bonchev–Trinajstić information content (AvgIpc) is 2.47. The molecule has 0 spiro atoms. The molecule has 0 aliphatic carbocycles. The third kappa shape index (κ3) is 1.21. The zero-order chi connectivity index (χ0) is 10.1. The fraction of sp³-hybridized carbons (Fsp3) is 0.100. The Morgan fingerprint density at radius 2 is 1.93 bits per heavy atom. The van der Waals surface area contributed by atoms with Crippen LogP contribution in [0.15, 0.2) is 42.0 Å².